The molecule has 0 aliphatic heterocycles. The molecule has 0 fully saturated rings. The quantitative estimate of drug-likeness (QED) is 0.178. The molecule has 39 heavy (non-hydrogen) atoms. The molecule has 2 rings (SSSR count). The van der Waals surface area contributed by atoms with Crippen molar-refractivity contribution < 1.29 is 28.7 Å². The number of rotatable bonds is 17. The maximum Gasteiger partial charge on any atom is 0.407 e. The van der Waals surface area contributed by atoms with Crippen molar-refractivity contribution in [3.05, 3.63) is 71.8 Å². The number of hydrogen-bond donors (Lipinski definition) is 4. The zero-order valence-corrected chi connectivity index (χ0v) is 22.5. The molecule has 0 radical (unpaired) electrons. The van der Waals surface area contributed by atoms with Crippen molar-refractivity contribution >= 4 is 23.9 Å². The molecule has 0 bridgehead atoms. The van der Waals surface area contributed by atoms with Crippen molar-refractivity contribution in [2.45, 2.75) is 70.7 Å². The van der Waals surface area contributed by atoms with Crippen LogP contribution < -0.4 is 21.7 Å². The first-order valence-electron chi connectivity index (χ1n) is 13.4. The third-order valence-corrected chi connectivity index (χ3v) is 5.84. The Morgan fingerprint density at radius 1 is 0.769 bits per heavy atom. The Kier molecular flexibility index (Phi) is 14.7. The summed E-state index contributed by atoms with van der Waals surface area (Å²) in [5.41, 5.74) is 7.75. The molecular formula is C29H40N4O6. The predicted molar refractivity (Wildman–Crippen MR) is 147 cm³/mol. The summed E-state index contributed by atoms with van der Waals surface area (Å²) in [6.45, 7) is 3.07. The number of hydrogen-bond acceptors (Lipinski definition) is 7. The van der Waals surface area contributed by atoms with Gasteiger partial charge in [0.1, 0.15) is 19.3 Å². The van der Waals surface area contributed by atoms with E-state index in [9.17, 15) is 19.2 Å². The smallest absolute Gasteiger partial charge is 0.407 e. The number of amides is 3. The summed E-state index contributed by atoms with van der Waals surface area (Å²) < 4.78 is 10.4. The van der Waals surface area contributed by atoms with Gasteiger partial charge in [0, 0.05) is 13.1 Å². The van der Waals surface area contributed by atoms with Gasteiger partial charge >= 0.3 is 12.1 Å². The highest BCUT2D eigenvalue weighted by atomic mass is 16.5. The molecule has 2 unspecified atom stereocenters. The lowest BCUT2D eigenvalue weighted by molar-refractivity contribution is -0.147. The largest absolute Gasteiger partial charge is 0.461 e. The second-order valence-corrected chi connectivity index (χ2v) is 9.15. The average Bonchev–Trinajstić information content (AvgIpc) is 2.95. The van der Waals surface area contributed by atoms with Gasteiger partial charge in [-0.15, -0.1) is 0 Å². The van der Waals surface area contributed by atoms with E-state index in [-0.39, 0.29) is 19.6 Å². The second kappa shape index (κ2) is 18.4. The van der Waals surface area contributed by atoms with Crippen molar-refractivity contribution in [1.29, 1.82) is 0 Å². The van der Waals surface area contributed by atoms with Crippen LogP contribution in [0.15, 0.2) is 60.7 Å². The fourth-order valence-corrected chi connectivity index (χ4v) is 3.55. The number of esters is 1. The number of carbonyl (C=O) groups excluding carboxylic acids is 4. The molecular weight excluding hydrogens is 500 g/mol. The summed E-state index contributed by atoms with van der Waals surface area (Å²) in [6.07, 6.45) is 2.35. The summed E-state index contributed by atoms with van der Waals surface area (Å²) in [6, 6.07) is 16.6. The number of carbonyl (C=O) groups is 4. The minimum absolute atomic E-state index is 0.0745. The Morgan fingerprint density at radius 2 is 1.36 bits per heavy atom. The molecule has 0 spiro atoms. The monoisotopic (exact) mass is 540 g/mol. The average molecular weight is 541 g/mol. The molecule has 212 valence electrons. The molecule has 0 saturated carbocycles. The molecule has 0 heterocycles. The van der Waals surface area contributed by atoms with E-state index in [1.54, 1.807) is 0 Å². The van der Waals surface area contributed by atoms with Crippen LogP contribution in [0.25, 0.3) is 0 Å². The lowest BCUT2D eigenvalue weighted by Crippen LogP contribution is -2.52. The third kappa shape index (κ3) is 13.4. The number of nitrogens with two attached hydrogens (primary N) is 1. The summed E-state index contributed by atoms with van der Waals surface area (Å²) in [5.74, 6) is -1.59. The first-order chi connectivity index (χ1) is 18.9. The van der Waals surface area contributed by atoms with E-state index in [0.29, 0.717) is 32.4 Å². The minimum atomic E-state index is -1.09. The summed E-state index contributed by atoms with van der Waals surface area (Å²) in [4.78, 5) is 49.6. The van der Waals surface area contributed by atoms with Gasteiger partial charge in [-0.1, -0.05) is 74.0 Å². The van der Waals surface area contributed by atoms with Gasteiger partial charge < -0.3 is 31.2 Å². The van der Waals surface area contributed by atoms with Crippen LogP contribution in [0.5, 0.6) is 0 Å². The van der Waals surface area contributed by atoms with Crippen LogP contribution in [0, 0.1) is 0 Å². The lowest BCUT2D eigenvalue weighted by Gasteiger charge is -2.20. The van der Waals surface area contributed by atoms with Gasteiger partial charge in [0.05, 0.1) is 12.5 Å². The Bertz CT molecular complexity index is 1020. The molecule has 0 aliphatic rings. The van der Waals surface area contributed by atoms with Gasteiger partial charge in [-0.3, -0.25) is 14.4 Å². The van der Waals surface area contributed by atoms with Crippen LogP contribution in [0.2, 0.25) is 0 Å². The molecule has 0 aliphatic carbocycles. The molecule has 10 nitrogen and oxygen atoms in total. The summed E-state index contributed by atoms with van der Waals surface area (Å²) in [5, 5.41) is 8.01. The van der Waals surface area contributed by atoms with E-state index in [1.807, 2.05) is 67.6 Å². The van der Waals surface area contributed by atoms with E-state index in [2.05, 4.69) is 16.0 Å². The normalized spacial score (nSPS) is 12.1. The van der Waals surface area contributed by atoms with Gasteiger partial charge in [0.2, 0.25) is 11.8 Å². The van der Waals surface area contributed by atoms with Crippen molar-refractivity contribution in [2.75, 3.05) is 13.1 Å². The molecule has 2 aromatic carbocycles. The lowest BCUT2D eigenvalue weighted by atomic mass is 10.1. The number of alkyl carbamates (subject to hydrolysis) is 1. The highest BCUT2D eigenvalue weighted by molar-refractivity contribution is 5.92. The van der Waals surface area contributed by atoms with E-state index >= 15 is 0 Å². The van der Waals surface area contributed by atoms with E-state index in [0.717, 1.165) is 24.0 Å². The molecule has 5 N–H and O–H groups in total. The van der Waals surface area contributed by atoms with Crippen molar-refractivity contribution in [3.63, 3.8) is 0 Å². The van der Waals surface area contributed by atoms with Crippen LogP contribution in [-0.4, -0.2) is 49.1 Å². The Hall–Kier alpha value is -3.92. The molecule has 0 aromatic heterocycles. The first-order valence-corrected chi connectivity index (χ1v) is 13.4. The van der Waals surface area contributed by atoms with E-state index < -0.39 is 36.0 Å². The fraction of sp³-hybridized carbons (Fsp3) is 0.448. The van der Waals surface area contributed by atoms with Crippen LogP contribution in [-0.2, 0) is 37.1 Å². The van der Waals surface area contributed by atoms with Gasteiger partial charge in [-0.05, 0) is 36.8 Å². The second-order valence-electron chi connectivity index (χ2n) is 9.15. The number of unbranched alkanes of at least 4 members (excludes halogenated alkanes) is 2. The topological polar surface area (TPSA) is 149 Å². The number of ether oxygens (including phenoxy) is 2. The molecule has 3 amide bonds. The van der Waals surface area contributed by atoms with E-state index in [4.69, 9.17) is 15.2 Å². The van der Waals surface area contributed by atoms with Crippen molar-refractivity contribution in [3.8, 4) is 0 Å². The van der Waals surface area contributed by atoms with Gasteiger partial charge in [-0.25, -0.2) is 4.79 Å². The maximum absolute atomic E-state index is 12.7. The van der Waals surface area contributed by atoms with Crippen molar-refractivity contribution in [2.24, 2.45) is 5.73 Å². The standard InChI is InChI=1S/C29H40N4O6/c1-2-3-17-31-28(36)25(19-26(34)38-20-22-12-6-4-7-13-22)33-27(35)24(30)16-10-11-18-32-29(37)39-21-23-14-8-5-9-15-23/h4-9,12-15,24-25H,2-3,10-11,16-21,30H2,1H3,(H,31,36)(H,32,37)(H,33,35). The molecule has 10 heteroatoms. The SMILES string of the molecule is CCCCNC(=O)C(CC(=O)OCc1ccccc1)NC(=O)C(N)CCCCNC(=O)OCc1ccccc1. The van der Waals surface area contributed by atoms with Gasteiger partial charge in [0.25, 0.3) is 0 Å². The Balaban J connectivity index is 1.73. The highest BCUT2D eigenvalue weighted by Crippen LogP contribution is 2.06. The van der Waals surface area contributed by atoms with Gasteiger partial charge in [0.15, 0.2) is 0 Å². The van der Waals surface area contributed by atoms with E-state index in [1.165, 1.54) is 0 Å². The maximum atomic E-state index is 12.7. The summed E-state index contributed by atoms with van der Waals surface area (Å²) >= 11 is 0. The number of benzene rings is 2. The highest BCUT2D eigenvalue weighted by Gasteiger charge is 2.26. The zero-order valence-electron chi connectivity index (χ0n) is 22.5. The minimum Gasteiger partial charge on any atom is -0.461 e. The first kappa shape index (κ1) is 31.3. The predicted octanol–water partition coefficient (Wildman–Crippen LogP) is 2.95. The van der Waals surface area contributed by atoms with Crippen LogP contribution in [0.1, 0.15) is 56.6 Å². The molecule has 2 atom stereocenters. The van der Waals surface area contributed by atoms with Crippen LogP contribution >= 0.6 is 0 Å². The fourth-order valence-electron chi connectivity index (χ4n) is 3.55. The summed E-state index contributed by atoms with van der Waals surface area (Å²) in [7, 11) is 0. The van der Waals surface area contributed by atoms with Gasteiger partial charge in [-0.2, -0.15) is 0 Å². The molecule has 2 aromatic rings. The van der Waals surface area contributed by atoms with Crippen LogP contribution in [0.3, 0.4) is 0 Å². The van der Waals surface area contributed by atoms with Crippen LogP contribution in [0.4, 0.5) is 4.79 Å². The Morgan fingerprint density at radius 3 is 1.97 bits per heavy atom. The third-order valence-electron chi connectivity index (χ3n) is 5.84. The molecule has 0 saturated heterocycles. The Labute approximate surface area is 230 Å². The zero-order chi connectivity index (χ0) is 28.3. The van der Waals surface area contributed by atoms with Crippen molar-refractivity contribution in [1.82, 2.24) is 16.0 Å². The number of nitrogens with one attached hydrogen (secondary N) is 3.